The second kappa shape index (κ2) is 6.39. The second-order valence-electron chi connectivity index (χ2n) is 3.56. The maximum atomic E-state index is 12.1. The van der Waals surface area contributed by atoms with E-state index in [1.165, 1.54) is 16.2 Å². The van der Waals surface area contributed by atoms with E-state index in [9.17, 15) is 9.59 Å². The molecule has 0 atom stereocenters. The lowest BCUT2D eigenvalue weighted by Gasteiger charge is -2.19. The molecular weight excluding hydrogens is 238 g/mol. The van der Waals surface area contributed by atoms with Crippen LogP contribution in [0.1, 0.15) is 29.1 Å². The van der Waals surface area contributed by atoms with E-state index >= 15 is 0 Å². The number of ether oxygens (including phenoxy) is 1. The minimum Gasteiger partial charge on any atom is -0.465 e. The van der Waals surface area contributed by atoms with Crippen molar-refractivity contribution in [1.82, 2.24) is 4.90 Å². The Bertz CT molecular complexity index is 400. The Morgan fingerprint density at radius 3 is 2.59 bits per heavy atom. The Labute approximate surface area is 105 Å². The van der Waals surface area contributed by atoms with Crippen LogP contribution in [0.3, 0.4) is 0 Å². The van der Waals surface area contributed by atoms with E-state index in [4.69, 9.17) is 4.74 Å². The van der Waals surface area contributed by atoms with Crippen molar-refractivity contribution < 1.29 is 14.3 Å². The van der Waals surface area contributed by atoms with Crippen molar-refractivity contribution in [3.05, 3.63) is 21.9 Å². The Morgan fingerprint density at radius 2 is 2.12 bits per heavy atom. The third kappa shape index (κ3) is 3.56. The minimum atomic E-state index is -0.364. The van der Waals surface area contributed by atoms with Crippen LogP contribution in [0.15, 0.2) is 11.4 Å². The third-order valence-electron chi connectivity index (χ3n) is 2.35. The number of carbonyl (C=O) groups excluding carboxylic acids is 2. The van der Waals surface area contributed by atoms with Gasteiger partial charge in [0.05, 0.1) is 11.5 Å². The molecule has 0 aliphatic carbocycles. The van der Waals surface area contributed by atoms with Crippen LogP contribution < -0.4 is 0 Å². The topological polar surface area (TPSA) is 46.6 Å². The highest BCUT2D eigenvalue weighted by molar-refractivity contribution is 7.12. The number of rotatable bonds is 5. The van der Waals surface area contributed by atoms with Crippen LogP contribution >= 0.6 is 11.3 Å². The Morgan fingerprint density at radius 1 is 1.41 bits per heavy atom. The monoisotopic (exact) mass is 255 g/mol. The number of likely N-dealkylation sites (N-methyl/N-ethyl adjacent to an activating group) is 1. The normalized spacial score (nSPS) is 10.1. The largest absolute Gasteiger partial charge is 0.465 e. The molecule has 4 nitrogen and oxygen atoms in total. The predicted molar refractivity (Wildman–Crippen MR) is 67.3 cm³/mol. The Hall–Kier alpha value is -1.36. The molecule has 0 aliphatic heterocycles. The van der Waals surface area contributed by atoms with Crippen LogP contribution in [-0.2, 0) is 9.53 Å². The van der Waals surface area contributed by atoms with Gasteiger partial charge < -0.3 is 9.64 Å². The smallest absolute Gasteiger partial charge is 0.325 e. The molecule has 1 heterocycles. The molecule has 1 aromatic rings. The molecule has 94 valence electrons. The number of thiophene rings is 1. The van der Waals surface area contributed by atoms with Crippen LogP contribution in [0.4, 0.5) is 0 Å². The summed E-state index contributed by atoms with van der Waals surface area (Å²) in [6, 6.07) is 1.90. The number of nitrogens with zero attached hydrogens (tertiary/aromatic N) is 1. The molecule has 0 saturated heterocycles. The Balaban J connectivity index is 2.71. The van der Waals surface area contributed by atoms with Crippen LogP contribution in [0.2, 0.25) is 0 Å². The summed E-state index contributed by atoms with van der Waals surface area (Å²) in [4.78, 5) is 25.7. The van der Waals surface area contributed by atoms with Gasteiger partial charge in [-0.1, -0.05) is 0 Å². The minimum absolute atomic E-state index is 0.0144. The van der Waals surface area contributed by atoms with Crippen molar-refractivity contribution in [1.29, 1.82) is 0 Å². The lowest BCUT2D eigenvalue weighted by molar-refractivity contribution is -0.143. The number of aryl methyl sites for hydroxylation is 1. The molecule has 0 radical (unpaired) electrons. The fourth-order valence-corrected chi connectivity index (χ4v) is 2.32. The van der Waals surface area contributed by atoms with Crippen LogP contribution in [0.25, 0.3) is 0 Å². The van der Waals surface area contributed by atoms with Gasteiger partial charge in [0.2, 0.25) is 0 Å². The molecule has 17 heavy (non-hydrogen) atoms. The summed E-state index contributed by atoms with van der Waals surface area (Å²) in [7, 11) is 0. The SMILES string of the molecule is CCOC(=O)CN(CC)C(=O)c1sccc1C. The summed E-state index contributed by atoms with van der Waals surface area (Å²) in [5.41, 5.74) is 0.947. The van der Waals surface area contributed by atoms with Crippen LogP contribution in [0, 0.1) is 6.92 Å². The predicted octanol–water partition coefficient (Wildman–Crippen LogP) is 2.08. The molecule has 5 heteroatoms. The number of esters is 1. The molecule has 0 unspecified atom stereocenters. The molecular formula is C12H17NO3S. The molecule has 1 rings (SSSR count). The molecule has 0 fully saturated rings. The molecule has 1 aromatic heterocycles. The molecule has 0 aliphatic rings. The summed E-state index contributed by atoms with van der Waals surface area (Å²) in [5, 5.41) is 1.88. The zero-order chi connectivity index (χ0) is 12.8. The van der Waals surface area contributed by atoms with E-state index in [2.05, 4.69) is 0 Å². The lowest BCUT2D eigenvalue weighted by atomic mass is 10.2. The second-order valence-corrected chi connectivity index (χ2v) is 4.47. The van der Waals surface area contributed by atoms with Gasteiger partial charge in [-0.15, -0.1) is 11.3 Å². The standard InChI is InChI=1S/C12H17NO3S/c1-4-13(8-10(14)16-5-2)12(15)11-9(3)6-7-17-11/h6-7H,4-5,8H2,1-3H3. The highest BCUT2D eigenvalue weighted by atomic mass is 32.1. The van der Waals surface area contributed by atoms with Crippen molar-refractivity contribution >= 4 is 23.2 Å². The first kappa shape index (κ1) is 13.7. The van der Waals surface area contributed by atoms with E-state index in [0.29, 0.717) is 18.0 Å². The first-order chi connectivity index (χ1) is 8.10. The van der Waals surface area contributed by atoms with Crippen molar-refractivity contribution in [2.45, 2.75) is 20.8 Å². The number of hydrogen-bond acceptors (Lipinski definition) is 4. The zero-order valence-corrected chi connectivity index (χ0v) is 11.2. The number of carbonyl (C=O) groups is 2. The molecule has 0 saturated carbocycles. The molecule has 0 aromatic carbocycles. The van der Waals surface area contributed by atoms with Crippen molar-refractivity contribution in [2.75, 3.05) is 19.7 Å². The fourth-order valence-electron chi connectivity index (χ4n) is 1.43. The average Bonchev–Trinajstić information content (AvgIpc) is 2.72. The van der Waals surface area contributed by atoms with Gasteiger partial charge in [0, 0.05) is 6.54 Å². The van der Waals surface area contributed by atoms with E-state index in [0.717, 1.165) is 5.56 Å². The van der Waals surface area contributed by atoms with Crippen molar-refractivity contribution in [3.63, 3.8) is 0 Å². The first-order valence-corrected chi connectivity index (χ1v) is 6.47. The summed E-state index contributed by atoms with van der Waals surface area (Å²) >= 11 is 1.40. The van der Waals surface area contributed by atoms with E-state index in [-0.39, 0.29) is 18.4 Å². The van der Waals surface area contributed by atoms with Crippen molar-refractivity contribution in [2.24, 2.45) is 0 Å². The van der Waals surface area contributed by atoms with Crippen LogP contribution in [0.5, 0.6) is 0 Å². The van der Waals surface area contributed by atoms with Gasteiger partial charge in [0.15, 0.2) is 0 Å². The Kier molecular flexibility index (Phi) is 5.15. The van der Waals surface area contributed by atoms with E-state index < -0.39 is 0 Å². The maximum Gasteiger partial charge on any atom is 0.325 e. The van der Waals surface area contributed by atoms with E-state index in [1.54, 1.807) is 6.92 Å². The number of amides is 1. The molecule has 0 spiro atoms. The summed E-state index contributed by atoms with van der Waals surface area (Å²) in [6.45, 7) is 6.33. The van der Waals surface area contributed by atoms with Gasteiger partial charge in [0.1, 0.15) is 6.54 Å². The quantitative estimate of drug-likeness (QED) is 0.757. The van der Waals surface area contributed by atoms with Gasteiger partial charge >= 0.3 is 5.97 Å². The first-order valence-electron chi connectivity index (χ1n) is 5.59. The zero-order valence-electron chi connectivity index (χ0n) is 10.4. The molecule has 1 amide bonds. The summed E-state index contributed by atoms with van der Waals surface area (Å²) in [5.74, 6) is -0.468. The molecule has 0 bridgehead atoms. The lowest BCUT2D eigenvalue weighted by Crippen LogP contribution is -2.36. The highest BCUT2D eigenvalue weighted by Gasteiger charge is 2.20. The van der Waals surface area contributed by atoms with Gasteiger partial charge in [-0.3, -0.25) is 9.59 Å². The van der Waals surface area contributed by atoms with Gasteiger partial charge in [0.25, 0.3) is 5.91 Å². The van der Waals surface area contributed by atoms with Crippen molar-refractivity contribution in [3.8, 4) is 0 Å². The third-order valence-corrected chi connectivity index (χ3v) is 3.36. The van der Waals surface area contributed by atoms with Gasteiger partial charge in [-0.25, -0.2) is 0 Å². The highest BCUT2D eigenvalue weighted by Crippen LogP contribution is 2.17. The average molecular weight is 255 g/mol. The maximum absolute atomic E-state index is 12.1. The number of hydrogen-bond donors (Lipinski definition) is 0. The fraction of sp³-hybridized carbons (Fsp3) is 0.500. The van der Waals surface area contributed by atoms with Crippen LogP contribution in [-0.4, -0.2) is 36.5 Å². The van der Waals surface area contributed by atoms with Gasteiger partial charge in [-0.05, 0) is 37.8 Å². The summed E-state index contributed by atoms with van der Waals surface area (Å²) in [6.07, 6.45) is 0. The molecule has 0 N–H and O–H groups in total. The van der Waals surface area contributed by atoms with Gasteiger partial charge in [-0.2, -0.15) is 0 Å². The van der Waals surface area contributed by atoms with E-state index in [1.807, 2.05) is 25.3 Å². The summed E-state index contributed by atoms with van der Waals surface area (Å²) < 4.78 is 4.84.